The van der Waals surface area contributed by atoms with Crippen molar-refractivity contribution in [1.29, 1.82) is 0 Å². The van der Waals surface area contributed by atoms with Gasteiger partial charge in [-0.2, -0.15) is 13.2 Å². The van der Waals surface area contributed by atoms with E-state index in [1.165, 1.54) is 11.9 Å². The first-order valence-electron chi connectivity index (χ1n) is 6.36. The van der Waals surface area contributed by atoms with Crippen molar-refractivity contribution >= 4 is 5.91 Å². The molecule has 1 rings (SSSR count). The van der Waals surface area contributed by atoms with E-state index in [1.807, 2.05) is 13.8 Å². The second kappa shape index (κ2) is 6.24. The molecule has 1 amide bonds. The lowest BCUT2D eigenvalue weighted by atomic mass is 10.1. The molecular weight excluding hydrogens is 274 g/mol. The van der Waals surface area contributed by atoms with Gasteiger partial charge in [-0.25, -0.2) is 4.39 Å². The predicted molar refractivity (Wildman–Crippen MR) is 67.9 cm³/mol. The van der Waals surface area contributed by atoms with Gasteiger partial charge >= 0.3 is 6.18 Å². The molecule has 0 unspecified atom stereocenters. The third kappa shape index (κ3) is 3.49. The largest absolute Gasteiger partial charge is 0.419 e. The molecule has 0 aromatic heterocycles. The summed E-state index contributed by atoms with van der Waals surface area (Å²) in [5, 5.41) is 0. The third-order valence-electron chi connectivity index (χ3n) is 3.33. The average Bonchev–Trinajstić information content (AvgIpc) is 2.38. The standard InChI is InChI=1S/C14H17F4NO/c1-4-10(5-2)19(3)13(20)9-6-7-12(15)11(8-9)14(16,17)18/h6-8,10H,4-5H2,1-3H3. The Labute approximate surface area is 115 Å². The van der Waals surface area contributed by atoms with Crippen molar-refractivity contribution in [3.8, 4) is 0 Å². The summed E-state index contributed by atoms with van der Waals surface area (Å²) in [6, 6.07) is 2.26. The number of hydrogen-bond acceptors (Lipinski definition) is 1. The van der Waals surface area contributed by atoms with Gasteiger partial charge in [-0.15, -0.1) is 0 Å². The van der Waals surface area contributed by atoms with E-state index in [4.69, 9.17) is 0 Å². The molecule has 0 radical (unpaired) electrons. The molecule has 2 nitrogen and oxygen atoms in total. The van der Waals surface area contributed by atoms with E-state index in [0.29, 0.717) is 25.0 Å². The fraction of sp³-hybridized carbons (Fsp3) is 0.500. The summed E-state index contributed by atoms with van der Waals surface area (Å²) in [5.41, 5.74) is -1.57. The minimum Gasteiger partial charge on any atom is -0.339 e. The van der Waals surface area contributed by atoms with Gasteiger partial charge in [-0.1, -0.05) is 13.8 Å². The van der Waals surface area contributed by atoms with Crippen LogP contribution in [0.1, 0.15) is 42.6 Å². The van der Waals surface area contributed by atoms with Crippen LogP contribution in [0.2, 0.25) is 0 Å². The average molecular weight is 291 g/mol. The lowest BCUT2D eigenvalue weighted by molar-refractivity contribution is -0.140. The Morgan fingerprint density at radius 2 is 1.80 bits per heavy atom. The van der Waals surface area contributed by atoms with Gasteiger partial charge in [0, 0.05) is 18.7 Å². The molecule has 0 aliphatic heterocycles. The number of rotatable bonds is 4. The number of carbonyl (C=O) groups is 1. The summed E-state index contributed by atoms with van der Waals surface area (Å²) in [4.78, 5) is 13.5. The minimum atomic E-state index is -4.81. The molecule has 20 heavy (non-hydrogen) atoms. The van der Waals surface area contributed by atoms with Crippen LogP contribution in [0.15, 0.2) is 18.2 Å². The van der Waals surface area contributed by atoms with Crippen LogP contribution in [0.3, 0.4) is 0 Å². The summed E-state index contributed by atoms with van der Waals surface area (Å²) in [6.45, 7) is 3.79. The Bertz CT molecular complexity index is 481. The fourth-order valence-electron chi connectivity index (χ4n) is 2.08. The smallest absolute Gasteiger partial charge is 0.339 e. The molecule has 0 saturated carbocycles. The Hall–Kier alpha value is -1.59. The number of amides is 1. The predicted octanol–water partition coefficient (Wildman–Crippen LogP) is 4.11. The summed E-state index contributed by atoms with van der Waals surface area (Å²) >= 11 is 0. The fourth-order valence-corrected chi connectivity index (χ4v) is 2.08. The van der Waals surface area contributed by atoms with E-state index in [-0.39, 0.29) is 11.6 Å². The van der Waals surface area contributed by atoms with E-state index >= 15 is 0 Å². The first-order valence-corrected chi connectivity index (χ1v) is 6.36. The van der Waals surface area contributed by atoms with Gasteiger partial charge in [0.1, 0.15) is 5.82 Å². The van der Waals surface area contributed by atoms with Crippen LogP contribution in [0.5, 0.6) is 0 Å². The molecule has 6 heteroatoms. The van der Waals surface area contributed by atoms with Crippen molar-refractivity contribution < 1.29 is 22.4 Å². The molecule has 0 heterocycles. The van der Waals surface area contributed by atoms with Crippen LogP contribution in [-0.4, -0.2) is 23.9 Å². The van der Waals surface area contributed by atoms with Gasteiger partial charge in [0.15, 0.2) is 0 Å². The summed E-state index contributed by atoms with van der Waals surface area (Å²) < 4.78 is 51.0. The Morgan fingerprint density at radius 1 is 1.25 bits per heavy atom. The number of nitrogens with zero attached hydrogens (tertiary/aromatic N) is 1. The third-order valence-corrected chi connectivity index (χ3v) is 3.33. The highest BCUT2D eigenvalue weighted by molar-refractivity contribution is 5.94. The summed E-state index contributed by atoms with van der Waals surface area (Å²) in [6.07, 6.45) is -3.41. The molecule has 112 valence electrons. The van der Waals surface area contributed by atoms with Gasteiger partial charge in [-0.3, -0.25) is 4.79 Å². The number of hydrogen-bond donors (Lipinski definition) is 0. The quantitative estimate of drug-likeness (QED) is 0.765. The number of benzene rings is 1. The second-order valence-electron chi connectivity index (χ2n) is 4.58. The van der Waals surface area contributed by atoms with E-state index in [2.05, 4.69) is 0 Å². The highest BCUT2D eigenvalue weighted by Gasteiger charge is 2.35. The van der Waals surface area contributed by atoms with Crippen LogP contribution in [0.4, 0.5) is 17.6 Å². The maximum absolute atomic E-state index is 13.2. The number of halogens is 4. The maximum Gasteiger partial charge on any atom is 0.419 e. The van der Waals surface area contributed by atoms with Crippen molar-refractivity contribution in [2.24, 2.45) is 0 Å². The Kier molecular flexibility index (Phi) is 5.14. The van der Waals surface area contributed by atoms with Gasteiger partial charge < -0.3 is 4.90 Å². The van der Waals surface area contributed by atoms with E-state index in [0.717, 1.165) is 6.07 Å². The second-order valence-corrected chi connectivity index (χ2v) is 4.58. The molecule has 0 bridgehead atoms. The topological polar surface area (TPSA) is 20.3 Å². The molecule has 0 saturated heterocycles. The molecule has 0 aliphatic rings. The molecule has 0 atom stereocenters. The zero-order valence-corrected chi connectivity index (χ0v) is 11.6. The molecule has 0 N–H and O–H groups in total. The van der Waals surface area contributed by atoms with Crippen LogP contribution < -0.4 is 0 Å². The normalized spacial score (nSPS) is 11.8. The SMILES string of the molecule is CCC(CC)N(C)C(=O)c1ccc(F)c(C(F)(F)F)c1. The van der Waals surface area contributed by atoms with Crippen LogP contribution in [-0.2, 0) is 6.18 Å². The zero-order chi connectivity index (χ0) is 15.5. The number of alkyl halides is 3. The van der Waals surface area contributed by atoms with Gasteiger partial charge in [0.2, 0.25) is 0 Å². The first-order chi connectivity index (χ1) is 9.22. The highest BCUT2D eigenvalue weighted by Crippen LogP contribution is 2.32. The van der Waals surface area contributed by atoms with Gasteiger partial charge in [0.25, 0.3) is 5.91 Å². The highest BCUT2D eigenvalue weighted by atomic mass is 19.4. The van der Waals surface area contributed by atoms with Gasteiger partial charge in [0.05, 0.1) is 5.56 Å². The molecule has 0 spiro atoms. The minimum absolute atomic E-state index is 0.0538. The van der Waals surface area contributed by atoms with Crippen molar-refractivity contribution in [1.82, 2.24) is 4.90 Å². The lowest BCUT2D eigenvalue weighted by Gasteiger charge is -2.26. The Morgan fingerprint density at radius 3 is 2.25 bits per heavy atom. The van der Waals surface area contributed by atoms with Gasteiger partial charge in [-0.05, 0) is 31.0 Å². The molecular formula is C14H17F4NO. The van der Waals surface area contributed by atoms with Crippen LogP contribution >= 0.6 is 0 Å². The maximum atomic E-state index is 13.2. The van der Waals surface area contributed by atoms with E-state index in [1.54, 1.807) is 0 Å². The molecule has 0 aliphatic carbocycles. The Balaban J connectivity index is 3.12. The monoisotopic (exact) mass is 291 g/mol. The van der Waals surface area contributed by atoms with Crippen molar-refractivity contribution in [2.75, 3.05) is 7.05 Å². The summed E-state index contributed by atoms with van der Waals surface area (Å²) in [7, 11) is 1.54. The summed E-state index contributed by atoms with van der Waals surface area (Å²) in [5.74, 6) is -1.91. The van der Waals surface area contributed by atoms with E-state index < -0.39 is 23.5 Å². The number of carbonyl (C=O) groups excluding carboxylic acids is 1. The van der Waals surface area contributed by atoms with Crippen LogP contribution in [0, 0.1) is 5.82 Å². The van der Waals surface area contributed by atoms with Crippen molar-refractivity contribution in [3.05, 3.63) is 35.1 Å². The van der Waals surface area contributed by atoms with E-state index in [9.17, 15) is 22.4 Å². The molecule has 1 aromatic rings. The van der Waals surface area contributed by atoms with Crippen molar-refractivity contribution in [3.63, 3.8) is 0 Å². The first kappa shape index (κ1) is 16.5. The molecule has 1 aromatic carbocycles. The van der Waals surface area contributed by atoms with Crippen LogP contribution in [0.25, 0.3) is 0 Å². The zero-order valence-electron chi connectivity index (χ0n) is 11.6. The lowest BCUT2D eigenvalue weighted by Crippen LogP contribution is -2.36. The van der Waals surface area contributed by atoms with Crippen molar-refractivity contribution in [2.45, 2.75) is 38.9 Å². The molecule has 0 fully saturated rings.